The third-order valence-corrected chi connectivity index (χ3v) is 3.12. The number of nitro groups is 1. The fraction of sp³-hybridized carbons (Fsp3) is 0.167. The van der Waals surface area contributed by atoms with E-state index < -0.39 is 10.6 Å². The van der Waals surface area contributed by atoms with Crippen LogP contribution in [0.4, 0.5) is 5.69 Å². The lowest BCUT2D eigenvalue weighted by Crippen LogP contribution is -2.01. The van der Waals surface area contributed by atoms with Gasteiger partial charge in [0, 0.05) is 6.07 Å². The molecule has 110 valence electrons. The molecule has 0 amide bonds. The molecule has 0 aliphatic rings. The second-order valence-corrected chi connectivity index (χ2v) is 4.55. The van der Waals surface area contributed by atoms with E-state index in [1.807, 2.05) is 0 Å². The van der Waals surface area contributed by atoms with E-state index in [1.54, 1.807) is 18.2 Å². The molecule has 9 heteroatoms. The van der Waals surface area contributed by atoms with Gasteiger partial charge < -0.3 is 14.2 Å². The fourth-order valence-electron chi connectivity index (χ4n) is 1.54. The second-order valence-electron chi connectivity index (χ2n) is 3.69. The summed E-state index contributed by atoms with van der Waals surface area (Å²) >= 11 is 3.30. The van der Waals surface area contributed by atoms with Gasteiger partial charge in [0.05, 0.1) is 23.6 Å². The molecule has 0 unspecified atom stereocenters. The number of rotatable bonds is 5. The van der Waals surface area contributed by atoms with E-state index >= 15 is 0 Å². The van der Waals surface area contributed by atoms with Crippen molar-refractivity contribution in [2.45, 2.75) is 0 Å². The summed E-state index contributed by atoms with van der Waals surface area (Å²) in [5, 5.41) is 11.1. The van der Waals surface area contributed by atoms with E-state index in [1.165, 1.54) is 14.2 Å². The minimum absolute atomic E-state index is 0.172. The van der Waals surface area contributed by atoms with Crippen LogP contribution in [-0.2, 0) is 0 Å². The van der Waals surface area contributed by atoms with Crippen LogP contribution in [0.1, 0.15) is 0 Å². The van der Waals surface area contributed by atoms with Crippen LogP contribution >= 0.6 is 15.9 Å². The van der Waals surface area contributed by atoms with Gasteiger partial charge in [0.2, 0.25) is 0 Å². The predicted molar refractivity (Wildman–Crippen MR) is 76.0 cm³/mol. The van der Waals surface area contributed by atoms with Crippen molar-refractivity contribution in [1.29, 1.82) is 0 Å². The Morgan fingerprint density at radius 1 is 1.19 bits per heavy atom. The average molecular weight is 356 g/mol. The highest BCUT2D eigenvalue weighted by molar-refractivity contribution is 9.10. The summed E-state index contributed by atoms with van der Waals surface area (Å²) in [5.41, 5.74) is -0.443. The lowest BCUT2D eigenvalue weighted by Gasteiger charge is -2.09. The third kappa shape index (κ3) is 3.19. The first-order valence-electron chi connectivity index (χ1n) is 5.61. The van der Waals surface area contributed by atoms with Crippen molar-refractivity contribution >= 4 is 21.6 Å². The van der Waals surface area contributed by atoms with Gasteiger partial charge in [-0.25, -0.2) is 0 Å². The van der Waals surface area contributed by atoms with Crippen LogP contribution in [0.2, 0.25) is 0 Å². The lowest BCUT2D eigenvalue weighted by atomic mass is 10.3. The van der Waals surface area contributed by atoms with Crippen LogP contribution in [0.25, 0.3) is 0 Å². The molecule has 0 saturated heterocycles. The van der Waals surface area contributed by atoms with Crippen molar-refractivity contribution in [3.05, 3.63) is 39.1 Å². The van der Waals surface area contributed by atoms with E-state index in [0.717, 1.165) is 10.8 Å². The van der Waals surface area contributed by atoms with Crippen LogP contribution in [-0.4, -0.2) is 29.1 Å². The molecule has 0 saturated carbocycles. The number of halogens is 1. The Morgan fingerprint density at radius 2 is 1.90 bits per heavy atom. The molecule has 2 rings (SSSR count). The van der Waals surface area contributed by atoms with Crippen molar-refractivity contribution in [2.75, 3.05) is 14.2 Å². The van der Waals surface area contributed by atoms with Crippen molar-refractivity contribution in [3.63, 3.8) is 0 Å². The van der Waals surface area contributed by atoms with E-state index in [-0.39, 0.29) is 11.8 Å². The zero-order valence-electron chi connectivity index (χ0n) is 11.1. The number of nitrogens with zero attached hydrogens (tertiary/aromatic N) is 3. The Balaban J connectivity index is 2.42. The third-order valence-electron chi connectivity index (χ3n) is 2.47. The van der Waals surface area contributed by atoms with Crippen LogP contribution in [0.15, 0.2) is 29.0 Å². The van der Waals surface area contributed by atoms with E-state index in [2.05, 4.69) is 25.9 Å². The van der Waals surface area contributed by atoms with Gasteiger partial charge in [0.25, 0.3) is 0 Å². The van der Waals surface area contributed by atoms with Gasteiger partial charge in [-0.15, -0.1) is 0 Å². The zero-order valence-corrected chi connectivity index (χ0v) is 12.7. The van der Waals surface area contributed by atoms with Crippen LogP contribution in [0.5, 0.6) is 23.3 Å². The summed E-state index contributed by atoms with van der Waals surface area (Å²) in [6.45, 7) is 0. The molecule has 21 heavy (non-hydrogen) atoms. The Morgan fingerprint density at radius 3 is 2.52 bits per heavy atom. The average Bonchev–Trinajstić information content (AvgIpc) is 2.48. The summed E-state index contributed by atoms with van der Waals surface area (Å²) in [6.07, 6.45) is 1.12. The summed E-state index contributed by atoms with van der Waals surface area (Å²) in [6, 6.07) is 4.88. The first kappa shape index (κ1) is 15.0. The molecule has 2 aromatic rings. The minimum Gasteiger partial charge on any atom is -0.495 e. The first-order chi connectivity index (χ1) is 10.1. The Hall–Kier alpha value is -2.42. The first-order valence-corrected chi connectivity index (χ1v) is 6.41. The molecule has 1 aromatic carbocycles. The monoisotopic (exact) mass is 355 g/mol. The maximum absolute atomic E-state index is 11.1. The number of methoxy groups -OCH3 is 2. The van der Waals surface area contributed by atoms with Gasteiger partial charge >= 0.3 is 17.4 Å². The predicted octanol–water partition coefficient (Wildman–Crippen LogP) is 2.96. The molecule has 0 aliphatic heterocycles. The van der Waals surface area contributed by atoms with Crippen LogP contribution in [0.3, 0.4) is 0 Å². The summed E-state index contributed by atoms with van der Waals surface area (Å²) in [7, 11) is 2.78. The fourth-order valence-corrected chi connectivity index (χ4v) is 1.95. The number of hydrogen-bond donors (Lipinski definition) is 0. The van der Waals surface area contributed by atoms with Gasteiger partial charge in [-0.05, 0) is 28.1 Å². The van der Waals surface area contributed by atoms with E-state index in [0.29, 0.717) is 11.5 Å². The van der Waals surface area contributed by atoms with Gasteiger partial charge in [-0.2, -0.15) is 9.97 Å². The number of aromatic nitrogens is 2. The molecule has 8 nitrogen and oxygen atoms in total. The summed E-state index contributed by atoms with van der Waals surface area (Å²) in [5.74, 6) is 0.473. The molecule has 1 heterocycles. The largest absolute Gasteiger partial charge is 0.495 e. The van der Waals surface area contributed by atoms with Gasteiger partial charge in [0.1, 0.15) is 17.8 Å². The lowest BCUT2D eigenvalue weighted by molar-refractivity contribution is -0.387. The molecule has 0 radical (unpaired) electrons. The standard InChI is InChI=1S/C12H10BrN3O5/c1-19-9-5-7(3-4-8(9)13)21-12-10(16(17)18)11(20-2)14-6-15-12/h3-6H,1-2H3. The highest BCUT2D eigenvalue weighted by Gasteiger charge is 2.26. The SMILES string of the molecule is COc1cc(Oc2ncnc(OC)c2[N+](=O)[O-])ccc1Br. The highest BCUT2D eigenvalue weighted by Crippen LogP contribution is 2.37. The minimum atomic E-state index is -0.662. The molecule has 0 N–H and O–H groups in total. The normalized spacial score (nSPS) is 10.0. The second kappa shape index (κ2) is 6.35. The Labute approximate surface area is 128 Å². The molecular weight excluding hydrogens is 346 g/mol. The van der Waals surface area contributed by atoms with Crippen LogP contribution < -0.4 is 14.2 Å². The highest BCUT2D eigenvalue weighted by atomic mass is 79.9. The molecule has 0 atom stereocenters. The maximum Gasteiger partial charge on any atom is 0.392 e. The molecule has 0 bridgehead atoms. The maximum atomic E-state index is 11.1. The number of benzene rings is 1. The Bertz CT molecular complexity index is 680. The van der Waals surface area contributed by atoms with Gasteiger partial charge in [0.15, 0.2) is 0 Å². The van der Waals surface area contributed by atoms with Crippen molar-refractivity contribution in [3.8, 4) is 23.3 Å². The van der Waals surface area contributed by atoms with E-state index in [4.69, 9.17) is 14.2 Å². The number of hydrogen-bond acceptors (Lipinski definition) is 7. The molecule has 0 fully saturated rings. The van der Waals surface area contributed by atoms with Gasteiger partial charge in [-0.1, -0.05) is 0 Å². The molecule has 0 spiro atoms. The zero-order chi connectivity index (χ0) is 15.4. The topological polar surface area (TPSA) is 96.6 Å². The molecule has 0 aliphatic carbocycles. The van der Waals surface area contributed by atoms with Crippen molar-refractivity contribution in [1.82, 2.24) is 9.97 Å². The summed E-state index contributed by atoms with van der Waals surface area (Å²) in [4.78, 5) is 17.9. The smallest absolute Gasteiger partial charge is 0.392 e. The van der Waals surface area contributed by atoms with E-state index in [9.17, 15) is 10.1 Å². The van der Waals surface area contributed by atoms with Crippen LogP contribution in [0, 0.1) is 10.1 Å². The summed E-state index contributed by atoms with van der Waals surface area (Å²) < 4.78 is 16.1. The Kier molecular flexibility index (Phi) is 4.53. The van der Waals surface area contributed by atoms with Gasteiger partial charge in [-0.3, -0.25) is 10.1 Å². The quantitative estimate of drug-likeness (QED) is 0.600. The number of ether oxygens (including phenoxy) is 3. The molecule has 1 aromatic heterocycles. The van der Waals surface area contributed by atoms with Crippen molar-refractivity contribution < 1.29 is 19.1 Å². The van der Waals surface area contributed by atoms with Crippen molar-refractivity contribution in [2.24, 2.45) is 0 Å². The molecular formula is C12H10BrN3O5.